The van der Waals surface area contributed by atoms with Crippen LogP contribution in [0.1, 0.15) is 45.4 Å². The molecule has 0 unspecified atom stereocenters. The number of nitrogens with one attached hydrogen (secondary N) is 1. The van der Waals surface area contributed by atoms with Gasteiger partial charge in [-0.2, -0.15) is 0 Å². The topological polar surface area (TPSA) is 75.6 Å². The van der Waals surface area contributed by atoms with Gasteiger partial charge in [0.1, 0.15) is 6.04 Å². The van der Waals surface area contributed by atoms with Gasteiger partial charge in [0.2, 0.25) is 5.91 Å². The zero-order valence-corrected chi connectivity index (χ0v) is 10.3. The number of aliphatic hydroxyl groups excluding tert-OH is 1. The van der Waals surface area contributed by atoms with Crippen molar-refractivity contribution in [1.82, 2.24) is 5.32 Å². The maximum absolute atomic E-state index is 11.5. The van der Waals surface area contributed by atoms with Gasteiger partial charge in [0.05, 0.1) is 19.1 Å². The third-order valence-electron chi connectivity index (χ3n) is 2.83. The molecule has 1 amide bonds. The van der Waals surface area contributed by atoms with Crippen LogP contribution >= 0.6 is 0 Å². The smallest absolute Gasteiger partial charge is 0.328 e. The lowest BCUT2D eigenvalue weighted by Gasteiger charge is -2.12. The van der Waals surface area contributed by atoms with Crippen LogP contribution in [-0.2, 0) is 14.3 Å². The summed E-state index contributed by atoms with van der Waals surface area (Å²) in [5.41, 5.74) is 0. The van der Waals surface area contributed by atoms with Gasteiger partial charge in [-0.3, -0.25) is 4.79 Å². The van der Waals surface area contributed by atoms with E-state index in [9.17, 15) is 14.7 Å². The van der Waals surface area contributed by atoms with E-state index in [0.29, 0.717) is 19.4 Å². The lowest BCUT2D eigenvalue weighted by atomic mass is 10.1. The van der Waals surface area contributed by atoms with Gasteiger partial charge in [-0.15, -0.1) is 0 Å². The van der Waals surface area contributed by atoms with Crippen LogP contribution in [-0.4, -0.2) is 35.7 Å². The standard InChI is InChI=1S/C12H21NO4/c1-2-3-4-5-9(14)8-11(15)13-10-6-7-17-12(10)16/h9-10,14H,2-8H2,1H3,(H,13,15)/t9-,10+/m1/s1. The number of hydrogen-bond donors (Lipinski definition) is 2. The number of ether oxygens (including phenoxy) is 1. The van der Waals surface area contributed by atoms with Crippen molar-refractivity contribution in [3.8, 4) is 0 Å². The molecule has 1 aliphatic heterocycles. The Bertz CT molecular complexity index is 267. The van der Waals surface area contributed by atoms with Gasteiger partial charge in [0.15, 0.2) is 0 Å². The number of amides is 1. The number of carbonyl (C=O) groups is 2. The van der Waals surface area contributed by atoms with Crippen molar-refractivity contribution in [2.45, 2.75) is 57.6 Å². The molecule has 2 N–H and O–H groups in total. The quantitative estimate of drug-likeness (QED) is 0.511. The molecule has 1 aliphatic rings. The molecule has 0 aromatic rings. The van der Waals surface area contributed by atoms with E-state index in [1.165, 1.54) is 0 Å². The van der Waals surface area contributed by atoms with Crippen molar-refractivity contribution in [2.24, 2.45) is 0 Å². The minimum Gasteiger partial charge on any atom is -0.464 e. The van der Waals surface area contributed by atoms with Crippen molar-refractivity contribution in [2.75, 3.05) is 6.61 Å². The second-order valence-electron chi connectivity index (χ2n) is 4.43. The lowest BCUT2D eigenvalue weighted by Crippen LogP contribution is -2.39. The second-order valence-corrected chi connectivity index (χ2v) is 4.43. The second kappa shape index (κ2) is 7.27. The summed E-state index contributed by atoms with van der Waals surface area (Å²) in [5, 5.41) is 12.2. The van der Waals surface area contributed by atoms with Crippen LogP contribution in [0.4, 0.5) is 0 Å². The van der Waals surface area contributed by atoms with Crippen LogP contribution in [0.5, 0.6) is 0 Å². The van der Waals surface area contributed by atoms with Gasteiger partial charge >= 0.3 is 5.97 Å². The molecule has 17 heavy (non-hydrogen) atoms. The summed E-state index contributed by atoms with van der Waals surface area (Å²) in [6.45, 7) is 2.45. The summed E-state index contributed by atoms with van der Waals surface area (Å²) in [4.78, 5) is 22.6. The molecular weight excluding hydrogens is 222 g/mol. The van der Waals surface area contributed by atoms with E-state index in [1.807, 2.05) is 0 Å². The molecule has 0 aliphatic carbocycles. The molecule has 1 saturated heterocycles. The van der Waals surface area contributed by atoms with Gasteiger partial charge in [0, 0.05) is 6.42 Å². The van der Waals surface area contributed by atoms with Crippen LogP contribution in [0.25, 0.3) is 0 Å². The van der Waals surface area contributed by atoms with Crippen LogP contribution in [0.15, 0.2) is 0 Å². The largest absolute Gasteiger partial charge is 0.464 e. The van der Waals surface area contributed by atoms with E-state index >= 15 is 0 Å². The van der Waals surface area contributed by atoms with Crippen molar-refractivity contribution < 1.29 is 19.4 Å². The molecule has 2 atom stereocenters. The van der Waals surface area contributed by atoms with Gasteiger partial charge in [-0.25, -0.2) is 4.79 Å². The molecule has 0 radical (unpaired) electrons. The predicted molar refractivity (Wildman–Crippen MR) is 62.3 cm³/mol. The van der Waals surface area contributed by atoms with Crippen LogP contribution in [0.3, 0.4) is 0 Å². The molecule has 5 heteroatoms. The first-order valence-electron chi connectivity index (χ1n) is 6.27. The molecule has 1 heterocycles. The predicted octanol–water partition coefficient (Wildman–Crippen LogP) is 0.749. The fraction of sp³-hybridized carbons (Fsp3) is 0.833. The van der Waals surface area contributed by atoms with Crippen molar-refractivity contribution in [3.63, 3.8) is 0 Å². The number of unbranched alkanes of at least 4 members (excludes halogenated alkanes) is 2. The normalized spacial score (nSPS) is 21.1. The number of esters is 1. The van der Waals surface area contributed by atoms with E-state index in [4.69, 9.17) is 4.74 Å². The summed E-state index contributed by atoms with van der Waals surface area (Å²) >= 11 is 0. The number of cyclic esters (lactones) is 1. The fourth-order valence-electron chi connectivity index (χ4n) is 1.83. The third kappa shape index (κ3) is 5.17. The Hall–Kier alpha value is -1.10. The van der Waals surface area contributed by atoms with E-state index in [1.54, 1.807) is 0 Å². The van der Waals surface area contributed by atoms with E-state index in [2.05, 4.69) is 12.2 Å². The highest BCUT2D eigenvalue weighted by Gasteiger charge is 2.28. The molecule has 98 valence electrons. The lowest BCUT2D eigenvalue weighted by molar-refractivity contribution is -0.141. The van der Waals surface area contributed by atoms with Gasteiger partial charge in [-0.1, -0.05) is 26.2 Å². The van der Waals surface area contributed by atoms with Gasteiger partial charge < -0.3 is 15.2 Å². The molecule has 5 nitrogen and oxygen atoms in total. The molecule has 0 saturated carbocycles. The summed E-state index contributed by atoms with van der Waals surface area (Å²) in [6, 6.07) is -0.523. The summed E-state index contributed by atoms with van der Waals surface area (Å²) < 4.78 is 4.73. The van der Waals surface area contributed by atoms with Crippen molar-refractivity contribution in [3.05, 3.63) is 0 Å². The highest BCUT2D eigenvalue weighted by atomic mass is 16.5. The van der Waals surface area contributed by atoms with Crippen LogP contribution in [0, 0.1) is 0 Å². The first-order valence-corrected chi connectivity index (χ1v) is 6.27. The molecule has 0 bridgehead atoms. The Labute approximate surface area is 102 Å². The van der Waals surface area contributed by atoms with E-state index in [0.717, 1.165) is 19.3 Å². The summed E-state index contributed by atoms with van der Waals surface area (Å²) in [5.74, 6) is -0.656. The zero-order valence-electron chi connectivity index (χ0n) is 10.3. The minimum absolute atomic E-state index is 0.0630. The molecular formula is C12H21NO4. The Morgan fingerprint density at radius 3 is 2.94 bits per heavy atom. The third-order valence-corrected chi connectivity index (χ3v) is 2.83. The number of carbonyl (C=O) groups excluding carboxylic acids is 2. The van der Waals surface area contributed by atoms with Crippen LogP contribution in [0.2, 0.25) is 0 Å². The van der Waals surface area contributed by atoms with Crippen LogP contribution < -0.4 is 5.32 Å². The first-order chi connectivity index (χ1) is 8.13. The monoisotopic (exact) mass is 243 g/mol. The van der Waals surface area contributed by atoms with E-state index < -0.39 is 12.1 Å². The van der Waals surface area contributed by atoms with Crippen molar-refractivity contribution in [1.29, 1.82) is 0 Å². The van der Waals surface area contributed by atoms with E-state index in [-0.39, 0.29) is 18.3 Å². The van der Waals surface area contributed by atoms with Gasteiger partial charge in [0.25, 0.3) is 0 Å². The average molecular weight is 243 g/mol. The number of hydrogen-bond acceptors (Lipinski definition) is 4. The molecule has 0 aromatic carbocycles. The molecule has 1 rings (SSSR count). The number of aliphatic hydroxyl groups is 1. The fourth-order valence-corrected chi connectivity index (χ4v) is 1.83. The maximum Gasteiger partial charge on any atom is 0.328 e. The first kappa shape index (κ1) is 14.0. The Morgan fingerprint density at radius 2 is 2.35 bits per heavy atom. The zero-order chi connectivity index (χ0) is 12.7. The molecule has 0 aromatic heterocycles. The minimum atomic E-state index is -0.612. The summed E-state index contributed by atoms with van der Waals surface area (Å²) in [7, 11) is 0. The SMILES string of the molecule is CCCCC[C@@H](O)CC(=O)N[C@H]1CCOC1=O. The molecule has 1 fully saturated rings. The van der Waals surface area contributed by atoms with Crippen molar-refractivity contribution >= 4 is 11.9 Å². The highest BCUT2D eigenvalue weighted by molar-refractivity contribution is 5.85. The Morgan fingerprint density at radius 1 is 1.59 bits per heavy atom. The Kier molecular flexibility index (Phi) is 5.97. The van der Waals surface area contributed by atoms with Gasteiger partial charge in [-0.05, 0) is 6.42 Å². The summed E-state index contributed by atoms with van der Waals surface area (Å²) in [6.07, 6.45) is 3.69. The average Bonchev–Trinajstić information content (AvgIpc) is 2.64. The number of rotatable bonds is 7. The highest BCUT2D eigenvalue weighted by Crippen LogP contribution is 2.09. The maximum atomic E-state index is 11.5. The molecule has 0 spiro atoms. The Balaban J connectivity index is 2.17.